The van der Waals surface area contributed by atoms with E-state index in [-0.39, 0.29) is 17.6 Å². The third kappa shape index (κ3) is 4.47. The van der Waals surface area contributed by atoms with E-state index in [0.717, 1.165) is 48.2 Å². The third-order valence-electron chi connectivity index (χ3n) is 7.90. The van der Waals surface area contributed by atoms with Crippen molar-refractivity contribution < 1.29 is 24.5 Å². The first-order valence-corrected chi connectivity index (χ1v) is 12.4. The maximum Gasteiger partial charge on any atom is 0.311 e. The van der Waals surface area contributed by atoms with E-state index in [2.05, 4.69) is 42.2 Å². The van der Waals surface area contributed by atoms with E-state index in [4.69, 9.17) is 9.47 Å². The van der Waals surface area contributed by atoms with E-state index in [1.807, 2.05) is 19.1 Å². The first-order chi connectivity index (χ1) is 16.4. The number of hydrogen-bond donors (Lipinski definition) is 2. The summed E-state index contributed by atoms with van der Waals surface area (Å²) in [6.45, 7) is 6.70. The van der Waals surface area contributed by atoms with Crippen LogP contribution in [0.15, 0.2) is 42.5 Å². The molecule has 2 fully saturated rings. The first-order valence-electron chi connectivity index (χ1n) is 12.4. The number of aliphatic carboxylic acids is 1. The number of nitrogens with zero attached hydrogens (tertiary/aromatic N) is 1. The average molecular weight is 466 g/mol. The number of carbonyl (C=O) groups is 1. The first kappa shape index (κ1) is 23.3. The van der Waals surface area contributed by atoms with Crippen molar-refractivity contribution in [1.29, 1.82) is 0 Å². The molecule has 6 nitrogen and oxygen atoms in total. The van der Waals surface area contributed by atoms with Gasteiger partial charge in [-0.25, -0.2) is 0 Å². The van der Waals surface area contributed by atoms with Gasteiger partial charge in [0.15, 0.2) is 0 Å². The molecular weight excluding hydrogens is 430 g/mol. The Bertz CT molecular complexity index is 1040. The summed E-state index contributed by atoms with van der Waals surface area (Å²) >= 11 is 0. The lowest BCUT2D eigenvalue weighted by Gasteiger charge is -2.36. The molecule has 2 N–H and O–H groups in total. The Morgan fingerprint density at radius 1 is 1.26 bits per heavy atom. The molecular formula is C28H35NO5. The van der Waals surface area contributed by atoms with Gasteiger partial charge in [-0.15, -0.1) is 0 Å². The number of carboxylic acid groups (broad SMARTS) is 1. The van der Waals surface area contributed by atoms with Gasteiger partial charge in [-0.05, 0) is 62.8 Å². The second-order valence-corrected chi connectivity index (χ2v) is 10.4. The predicted molar refractivity (Wildman–Crippen MR) is 129 cm³/mol. The molecule has 2 heterocycles. The second kappa shape index (κ2) is 9.33. The molecule has 0 aromatic heterocycles. The Kier molecular flexibility index (Phi) is 6.40. The van der Waals surface area contributed by atoms with Gasteiger partial charge in [0.2, 0.25) is 0 Å². The average Bonchev–Trinajstić information content (AvgIpc) is 3.21. The van der Waals surface area contributed by atoms with Crippen molar-refractivity contribution in [2.75, 3.05) is 26.3 Å². The molecule has 182 valence electrons. The fraction of sp³-hybridized carbons (Fsp3) is 0.536. The number of aliphatic hydroxyl groups is 1. The summed E-state index contributed by atoms with van der Waals surface area (Å²) in [5.41, 5.74) is 4.60. The van der Waals surface area contributed by atoms with Gasteiger partial charge in [-0.1, -0.05) is 42.5 Å². The largest absolute Gasteiger partial charge is 0.488 e. The van der Waals surface area contributed by atoms with Crippen LogP contribution in [0, 0.1) is 12.8 Å². The molecule has 3 aliphatic rings. The summed E-state index contributed by atoms with van der Waals surface area (Å²) in [6, 6.07) is 14.7. The van der Waals surface area contributed by atoms with E-state index >= 15 is 0 Å². The lowest BCUT2D eigenvalue weighted by Crippen LogP contribution is -2.47. The molecule has 2 aromatic rings. The number of aliphatic hydroxyl groups excluding tert-OH is 1. The molecule has 0 radical (unpaired) electrons. The highest BCUT2D eigenvalue weighted by Gasteiger charge is 2.63. The fourth-order valence-corrected chi connectivity index (χ4v) is 6.03. The molecule has 1 unspecified atom stereocenters. The maximum absolute atomic E-state index is 11.5. The monoisotopic (exact) mass is 465 g/mol. The lowest BCUT2D eigenvalue weighted by atomic mass is 9.90. The van der Waals surface area contributed by atoms with Crippen LogP contribution in [0.25, 0.3) is 0 Å². The van der Waals surface area contributed by atoms with Gasteiger partial charge in [-0.2, -0.15) is 0 Å². The number of carboxylic acids is 1. The van der Waals surface area contributed by atoms with E-state index < -0.39 is 18.0 Å². The smallest absolute Gasteiger partial charge is 0.311 e. The molecule has 5 rings (SSSR count). The Hall–Kier alpha value is -2.41. The normalized spacial score (nSPS) is 28.3. The topological polar surface area (TPSA) is 79.2 Å². The maximum atomic E-state index is 11.5. The van der Waals surface area contributed by atoms with Gasteiger partial charge in [-0.3, -0.25) is 9.69 Å². The Morgan fingerprint density at radius 2 is 2.06 bits per heavy atom. The van der Waals surface area contributed by atoms with Gasteiger partial charge in [0.05, 0.1) is 19.3 Å². The number of fused-ring (bicyclic) bond motifs is 3. The third-order valence-corrected chi connectivity index (χ3v) is 7.90. The zero-order valence-electron chi connectivity index (χ0n) is 20.1. The van der Waals surface area contributed by atoms with Gasteiger partial charge in [0.25, 0.3) is 0 Å². The quantitative estimate of drug-likeness (QED) is 0.523. The van der Waals surface area contributed by atoms with Crippen LogP contribution >= 0.6 is 0 Å². The van der Waals surface area contributed by atoms with Crippen molar-refractivity contribution in [2.45, 2.75) is 63.2 Å². The van der Waals surface area contributed by atoms with Crippen molar-refractivity contribution in [3.8, 4) is 5.75 Å². The van der Waals surface area contributed by atoms with E-state index in [0.29, 0.717) is 26.2 Å². The molecule has 2 aromatic carbocycles. The van der Waals surface area contributed by atoms with Crippen molar-refractivity contribution in [3.05, 3.63) is 64.7 Å². The summed E-state index contributed by atoms with van der Waals surface area (Å²) in [7, 11) is 0. The molecule has 0 amide bonds. The molecule has 2 aliphatic heterocycles. The van der Waals surface area contributed by atoms with Gasteiger partial charge in [0.1, 0.15) is 17.8 Å². The molecule has 1 aliphatic carbocycles. The van der Waals surface area contributed by atoms with E-state index in [9.17, 15) is 15.0 Å². The molecule has 1 saturated heterocycles. The predicted octanol–water partition coefficient (Wildman–Crippen LogP) is 3.57. The van der Waals surface area contributed by atoms with Crippen LogP contribution in [0.5, 0.6) is 5.75 Å². The number of rotatable bonds is 10. The van der Waals surface area contributed by atoms with Crippen LogP contribution in [0.1, 0.15) is 47.9 Å². The van der Waals surface area contributed by atoms with Gasteiger partial charge < -0.3 is 19.7 Å². The second-order valence-electron chi connectivity index (χ2n) is 10.4. The Morgan fingerprint density at radius 3 is 2.82 bits per heavy atom. The van der Waals surface area contributed by atoms with Crippen molar-refractivity contribution in [2.24, 2.45) is 5.92 Å². The highest BCUT2D eigenvalue weighted by Crippen LogP contribution is 2.60. The number of β-amino-alcohol motifs (C(OH)–C–C–N with tert-alkyl or cyclic N) is 1. The zero-order valence-corrected chi connectivity index (χ0v) is 20.1. The summed E-state index contributed by atoms with van der Waals surface area (Å²) in [5, 5.41) is 20.1. The summed E-state index contributed by atoms with van der Waals surface area (Å²) in [4.78, 5) is 13.9. The molecule has 1 saturated carbocycles. The van der Waals surface area contributed by atoms with Crippen LogP contribution in [0.3, 0.4) is 0 Å². The van der Waals surface area contributed by atoms with Crippen LogP contribution in [-0.4, -0.2) is 65.1 Å². The van der Waals surface area contributed by atoms with Crippen molar-refractivity contribution in [1.82, 2.24) is 4.90 Å². The van der Waals surface area contributed by atoms with Crippen LogP contribution in [0.4, 0.5) is 0 Å². The zero-order chi connectivity index (χ0) is 23.9. The number of ether oxygens (including phenoxy) is 2. The van der Waals surface area contributed by atoms with Crippen molar-refractivity contribution in [3.63, 3.8) is 0 Å². The summed E-state index contributed by atoms with van der Waals surface area (Å²) in [5.74, 6) is -0.391. The standard InChI is InChI=1S/C28H35NO5/c1-18-9-10-20(22-23-24(27(31)32)26(23)34-25(18)22)11-14-33-17-21(30)16-29-13-6-12-28(29,2)15-19-7-4-3-5-8-19/h3-5,7-10,21,23-24,26,30H,6,11-17H2,1-2H3,(H,31,32)/t21-,23+,24-,26+,28?/m1/s1. The SMILES string of the molecule is Cc1ccc(CCOC[C@H](O)CN2CCCC2(C)Cc2ccccc2)c2c1O[C@@H]1[C@H](C(=O)O)[C@H]21. The van der Waals surface area contributed by atoms with Crippen LogP contribution in [0.2, 0.25) is 0 Å². The fourth-order valence-electron chi connectivity index (χ4n) is 6.03. The Balaban J connectivity index is 1.12. The number of likely N-dealkylation sites (tertiary alicyclic amines) is 1. The highest BCUT2D eigenvalue weighted by molar-refractivity contribution is 5.79. The molecule has 34 heavy (non-hydrogen) atoms. The lowest BCUT2D eigenvalue weighted by molar-refractivity contribution is -0.139. The number of aryl methyl sites for hydroxylation is 1. The van der Waals surface area contributed by atoms with Crippen LogP contribution < -0.4 is 4.74 Å². The molecule has 6 heteroatoms. The summed E-state index contributed by atoms with van der Waals surface area (Å²) < 4.78 is 11.8. The highest BCUT2D eigenvalue weighted by atomic mass is 16.5. The van der Waals surface area contributed by atoms with E-state index in [1.165, 1.54) is 5.56 Å². The summed E-state index contributed by atoms with van der Waals surface area (Å²) in [6.07, 6.45) is 3.20. The van der Waals surface area contributed by atoms with E-state index in [1.54, 1.807) is 0 Å². The Labute approximate surface area is 201 Å². The molecule has 0 spiro atoms. The minimum absolute atomic E-state index is 0.0366. The number of benzene rings is 2. The molecule has 0 bridgehead atoms. The van der Waals surface area contributed by atoms with Gasteiger partial charge in [0, 0.05) is 23.6 Å². The minimum atomic E-state index is -0.784. The minimum Gasteiger partial charge on any atom is -0.488 e. The van der Waals surface area contributed by atoms with Gasteiger partial charge >= 0.3 is 5.97 Å². The van der Waals surface area contributed by atoms with Crippen molar-refractivity contribution >= 4 is 5.97 Å². The molecule has 5 atom stereocenters. The van der Waals surface area contributed by atoms with Crippen LogP contribution in [-0.2, 0) is 22.4 Å². The number of hydrogen-bond acceptors (Lipinski definition) is 5.